The molecule has 22 heavy (non-hydrogen) atoms. The maximum atomic E-state index is 12.0. The lowest BCUT2D eigenvalue weighted by Gasteiger charge is -2.04. The maximum absolute atomic E-state index is 12.0. The van der Waals surface area contributed by atoms with Gasteiger partial charge in [-0.3, -0.25) is 10.1 Å². The number of hydrogen-bond donors (Lipinski definition) is 1. The van der Waals surface area contributed by atoms with Gasteiger partial charge in [0.05, 0.1) is 23.4 Å². The number of nitrogens with one attached hydrogen (secondary N) is 1. The van der Waals surface area contributed by atoms with Gasteiger partial charge in [-0.1, -0.05) is 11.6 Å². The van der Waals surface area contributed by atoms with Crippen molar-refractivity contribution >= 4 is 45.3 Å². The summed E-state index contributed by atoms with van der Waals surface area (Å²) in [6.07, 6.45) is 0. The van der Waals surface area contributed by atoms with Gasteiger partial charge < -0.3 is 4.74 Å². The average molecular weight is 351 g/mol. The number of ether oxygens (including phenoxy) is 1. The predicted octanol–water partition coefficient (Wildman–Crippen LogP) is 4.79. The van der Waals surface area contributed by atoms with Crippen LogP contribution in [0.3, 0.4) is 0 Å². The van der Waals surface area contributed by atoms with Crippen molar-refractivity contribution in [2.24, 2.45) is 0 Å². The van der Waals surface area contributed by atoms with Crippen LogP contribution in [0.4, 0.5) is 5.13 Å². The Morgan fingerprint density at radius 3 is 2.86 bits per heavy atom. The first kappa shape index (κ1) is 15.0. The van der Waals surface area contributed by atoms with E-state index in [1.165, 1.54) is 22.7 Å². The van der Waals surface area contributed by atoms with E-state index in [-0.39, 0.29) is 5.91 Å². The summed E-state index contributed by atoms with van der Waals surface area (Å²) in [5.41, 5.74) is 2.27. The Kier molecular flexibility index (Phi) is 4.42. The summed E-state index contributed by atoms with van der Waals surface area (Å²) in [5.74, 6) is 0.460. The second-order valence-corrected chi connectivity index (χ2v) is 6.40. The van der Waals surface area contributed by atoms with Crippen LogP contribution in [-0.2, 0) is 0 Å². The van der Waals surface area contributed by atoms with Crippen LogP contribution in [-0.4, -0.2) is 18.0 Å². The Labute approximate surface area is 140 Å². The molecule has 1 N–H and O–H groups in total. The van der Waals surface area contributed by atoms with Gasteiger partial charge in [-0.25, -0.2) is 4.98 Å². The zero-order chi connectivity index (χ0) is 15.5. The van der Waals surface area contributed by atoms with E-state index in [2.05, 4.69) is 10.3 Å². The van der Waals surface area contributed by atoms with Crippen LogP contribution in [0.1, 0.15) is 10.4 Å². The molecule has 2 heterocycles. The normalized spacial score (nSPS) is 10.5. The molecule has 7 heteroatoms. The van der Waals surface area contributed by atoms with Crippen molar-refractivity contribution < 1.29 is 9.53 Å². The average Bonchev–Trinajstić information content (AvgIpc) is 3.18. The van der Waals surface area contributed by atoms with Gasteiger partial charge in [-0.2, -0.15) is 11.3 Å². The van der Waals surface area contributed by atoms with Crippen LogP contribution in [0.2, 0.25) is 5.02 Å². The molecule has 0 saturated heterocycles. The lowest BCUT2D eigenvalue weighted by molar-refractivity contribution is 0.102. The summed E-state index contributed by atoms with van der Waals surface area (Å²) in [6.45, 7) is 0. The third-order valence-corrected chi connectivity index (χ3v) is 4.69. The highest BCUT2D eigenvalue weighted by Crippen LogP contribution is 2.31. The number of carbonyl (C=O) groups excluding carboxylic acids is 1. The van der Waals surface area contributed by atoms with Gasteiger partial charge in [0.25, 0.3) is 5.91 Å². The van der Waals surface area contributed by atoms with E-state index >= 15 is 0 Å². The van der Waals surface area contributed by atoms with E-state index < -0.39 is 0 Å². The molecule has 1 aromatic carbocycles. The van der Waals surface area contributed by atoms with Crippen LogP contribution < -0.4 is 10.1 Å². The Morgan fingerprint density at radius 2 is 2.18 bits per heavy atom. The third-order valence-electron chi connectivity index (χ3n) is 2.96. The lowest BCUT2D eigenvalue weighted by Crippen LogP contribution is -2.10. The van der Waals surface area contributed by atoms with Crippen molar-refractivity contribution in [3.8, 4) is 17.0 Å². The van der Waals surface area contributed by atoms with Gasteiger partial charge in [0.2, 0.25) is 0 Å². The standard InChI is InChI=1S/C15H11ClN2O2S2/c1-20-13-3-2-9(6-11(13)16)12-8-22-15(17-12)18-14(19)10-4-5-21-7-10/h2-8H,1H3,(H,17,18,19). The van der Waals surface area contributed by atoms with Crippen molar-refractivity contribution in [3.63, 3.8) is 0 Å². The summed E-state index contributed by atoms with van der Waals surface area (Å²) in [6, 6.07) is 7.24. The van der Waals surface area contributed by atoms with Crippen molar-refractivity contribution in [1.29, 1.82) is 0 Å². The molecule has 0 bridgehead atoms. The number of anilines is 1. The zero-order valence-electron chi connectivity index (χ0n) is 11.5. The van der Waals surface area contributed by atoms with Crippen molar-refractivity contribution in [2.45, 2.75) is 0 Å². The van der Waals surface area contributed by atoms with E-state index in [4.69, 9.17) is 16.3 Å². The SMILES string of the molecule is COc1ccc(-c2csc(NC(=O)c3ccsc3)n2)cc1Cl. The smallest absolute Gasteiger partial charge is 0.258 e. The molecule has 112 valence electrons. The topological polar surface area (TPSA) is 51.2 Å². The first-order valence-electron chi connectivity index (χ1n) is 6.30. The number of thiophene rings is 1. The molecule has 4 nitrogen and oxygen atoms in total. The summed E-state index contributed by atoms with van der Waals surface area (Å²) < 4.78 is 5.13. The van der Waals surface area contributed by atoms with Gasteiger partial charge in [0.1, 0.15) is 5.75 Å². The molecule has 0 saturated carbocycles. The summed E-state index contributed by atoms with van der Waals surface area (Å²) in [4.78, 5) is 16.4. The number of hydrogen-bond acceptors (Lipinski definition) is 5. The maximum Gasteiger partial charge on any atom is 0.258 e. The van der Waals surface area contributed by atoms with Gasteiger partial charge in [-0.05, 0) is 29.6 Å². The molecule has 1 amide bonds. The second-order valence-electron chi connectivity index (χ2n) is 4.35. The van der Waals surface area contributed by atoms with Crippen LogP contribution >= 0.6 is 34.3 Å². The zero-order valence-corrected chi connectivity index (χ0v) is 13.9. The van der Waals surface area contributed by atoms with Crippen LogP contribution in [0.15, 0.2) is 40.4 Å². The Balaban J connectivity index is 1.79. The van der Waals surface area contributed by atoms with E-state index in [0.717, 1.165) is 11.3 Å². The molecule has 3 aromatic rings. The summed E-state index contributed by atoms with van der Waals surface area (Å²) in [5, 5.41) is 9.41. The summed E-state index contributed by atoms with van der Waals surface area (Å²) in [7, 11) is 1.57. The number of thiazole rings is 1. The number of amides is 1. The van der Waals surface area contributed by atoms with E-state index in [9.17, 15) is 4.79 Å². The highest BCUT2D eigenvalue weighted by molar-refractivity contribution is 7.14. The highest BCUT2D eigenvalue weighted by atomic mass is 35.5. The fraction of sp³-hybridized carbons (Fsp3) is 0.0667. The van der Waals surface area contributed by atoms with E-state index in [1.807, 2.05) is 16.8 Å². The molecular weight excluding hydrogens is 340 g/mol. The first-order chi connectivity index (χ1) is 10.7. The molecular formula is C15H11ClN2O2S2. The number of benzene rings is 1. The number of carbonyl (C=O) groups is 1. The molecule has 2 aromatic heterocycles. The lowest BCUT2D eigenvalue weighted by atomic mass is 10.2. The number of aromatic nitrogens is 1. The molecule has 0 unspecified atom stereocenters. The minimum Gasteiger partial charge on any atom is -0.495 e. The minimum absolute atomic E-state index is 0.157. The molecule has 0 aliphatic heterocycles. The summed E-state index contributed by atoms with van der Waals surface area (Å²) >= 11 is 8.97. The van der Waals surface area contributed by atoms with E-state index in [1.54, 1.807) is 30.7 Å². The van der Waals surface area contributed by atoms with Gasteiger partial charge in [-0.15, -0.1) is 11.3 Å². The minimum atomic E-state index is -0.157. The van der Waals surface area contributed by atoms with Crippen LogP contribution in [0.5, 0.6) is 5.75 Å². The first-order valence-corrected chi connectivity index (χ1v) is 8.50. The Morgan fingerprint density at radius 1 is 1.32 bits per heavy atom. The van der Waals surface area contributed by atoms with Crippen LogP contribution in [0.25, 0.3) is 11.3 Å². The second kappa shape index (κ2) is 6.48. The van der Waals surface area contributed by atoms with Crippen LogP contribution in [0, 0.1) is 0 Å². The number of rotatable bonds is 4. The number of methoxy groups -OCH3 is 1. The molecule has 0 aliphatic rings. The fourth-order valence-electron chi connectivity index (χ4n) is 1.85. The largest absolute Gasteiger partial charge is 0.495 e. The molecule has 3 rings (SSSR count). The molecule has 0 radical (unpaired) electrons. The van der Waals surface area contributed by atoms with Gasteiger partial charge in [0, 0.05) is 16.3 Å². The third kappa shape index (κ3) is 3.14. The van der Waals surface area contributed by atoms with Gasteiger partial charge >= 0.3 is 0 Å². The number of halogens is 1. The highest BCUT2D eigenvalue weighted by Gasteiger charge is 2.11. The van der Waals surface area contributed by atoms with Crippen molar-refractivity contribution in [1.82, 2.24) is 4.98 Å². The van der Waals surface area contributed by atoms with Crippen molar-refractivity contribution in [2.75, 3.05) is 12.4 Å². The molecule has 0 fully saturated rings. The van der Waals surface area contributed by atoms with E-state index in [0.29, 0.717) is 21.5 Å². The monoisotopic (exact) mass is 350 g/mol. The quantitative estimate of drug-likeness (QED) is 0.736. The fourth-order valence-corrected chi connectivity index (χ4v) is 3.46. The molecule has 0 atom stereocenters. The molecule has 0 aliphatic carbocycles. The predicted molar refractivity (Wildman–Crippen MR) is 91.4 cm³/mol. The Hall–Kier alpha value is -1.89. The Bertz CT molecular complexity index is 800. The van der Waals surface area contributed by atoms with Gasteiger partial charge in [0.15, 0.2) is 5.13 Å². The number of nitrogens with zero attached hydrogens (tertiary/aromatic N) is 1. The van der Waals surface area contributed by atoms with Crippen molar-refractivity contribution in [3.05, 3.63) is 51.0 Å². The molecule has 0 spiro atoms.